The zero-order chi connectivity index (χ0) is 24.6. The fraction of sp³-hybridized carbons (Fsp3) is 0.107. The molecule has 0 aliphatic rings. The van der Waals surface area contributed by atoms with Gasteiger partial charge < -0.3 is 0 Å². The Morgan fingerprint density at radius 3 is 1.91 bits per heavy atom. The molecule has 0 saturated carbocycles. The molecule has 0 fully saturated rings. The summed E-state index contributed by atoms with van der Waals surface area (Å²) in [7, 11) is -3.66. The van der Waals surface area contributed by atoms with Crippen LogP contribution >= 0.6 is 11.8 Å². The van der Waals surface area contributed by atoms with E-state index in [0.29, 0.717) is 5.69 Å². The van der Waals surface area contributed by atoms with E-state index in [-0.39, 0.29) is 16.1 Å². The lowest BCUT2D eigenvalue weighted by atomic mass is 10.2. The van der Waals surface area contributed by atoms with Crippen molar-refractivity contribution in [2.45, 2.75) is 28.9 Å². The third kappa shape index (κ3) is 4.57. The number of sulfonamides is 1. The maximum Gasteiger partial charge on any atom is 0.261 e. The number of carbonyl (C=O) groups excluding carboxylic acids is 1. The Labute approximate surface area is 208 Å². The normalized spacial score (nSPS) is 12.6. The highest BCUT2D eigenvalue weighted by Crippen LogP contribution is 2.32. The van der Waals surface area contributed by atoms with E-state index < -0.39 is 10.0 Å². The van der Waals surface area contributed by atoms with Crippen LogP contribution in [-0.2, 0) is 10.0 Å². The summed E-state index contributed by atoms with van der Waals surface area (Å²) in [6.45, 7) is 3.80. The molecule has 7 heteroatoms. The number of carbonyl (C=O) groups is 1. The minimum Gasteiger partial charge on any atom is -0.280 e. The zero-order valence-electron chi connectivity index (χ0n) is 19.3. The van der Waals surface area contributed by atoms with Gasteiger partial charge in [0.25, 0.3) is 10.0 Å². The quantitative estimate of drug-likeness (QED) is 0.263. The van der Waals surface area contributed by atoms with Gasteiger partial charge >= 0.3 is 0 Å². The van der Waals surface area contributed by atoms with E-state index in [1.165, 1.54) is 11.8 Å². The monoisotopic (exact) mass is 500 g/mol. The molecule has 0 bridgehead atoms. The molecule has 0 amide bonds. The predicted molar refractivity (Wildman–Crippen MR) is 144 cm³/mol. The molecular weight excluding hydrogens is 476 g/mol. The van der Waals surface area contributed by atoms with Crippen molar-refractivity contribution in [2.75, 3.05) is 4.72 Å². The second kappa shape index (κ2) is 9.24. The molecule has 176 valence electrons. The predicted octanol–water partition coefficient (Wildman–Crippen LogP) is 6.72. The molecule has 5 nitrogen and oxygen atoms in total. The Bertz CT molecular complexity index is 1580. The number of aryl methyl sites for hydroxylation is 1. The van der Waals surface area contributed by atoms with Crippen LogP contribution in [-0.4, -0.2) is 24.1 Å². The van der Waals surface area contributed by atoms with Crippen LogP contribution in [0.2, 0.25) is 0 Å². The fourth-order valence-electron chi connectivity index (χ4n) is 4.13. The van der Waals surface area contributed by atoms with Crippen molar-refractivity contribution in [3.8, 4) is 0 Å². The van der Waals surface area contributed by atoms with Crippen molar-refractivity contribution in [3.63, 3.8) is 0 Å². The van der Waals surface area contributed by atoms with E-state index in [0.717, 1.165) is 32.3 Å². The molecule has 1 atom stereocenters. The van der Waals surface area contributed by atoms with Crippen LogP contribution in [0.3, 0.4) is 0 Å². The standard InChI is InChI=1S/C28H24N2O3S2/c1-19-11-17-23(18-12-19)35(32,33)29-21-13-15-22(16-14-21)34-20(2)28(31)30-26-9-5-3-7-24(26)25-8-4-6-10-27(25)30/h3-18,20,29H,1-2H3. The molecule has 0 saturated heterocycles. The molecular formula is C28H24N2O3S2. The van der Waals surface area contributed by atoms with Crippen LogP contribution in [0.4, 0.5) is 5.69 Å². The van der Waals surface area contributed by atoms with Gasteiger partial charge in [-0.2, -0.15) is 0 Å². The minimum absolute atomic E-state index is 0.00319. The maximum absolute atomic E-state index is 13.5. The highest BCUT2D eigenvalue weighted by molar-refractivity contribution is 8.00. The molecule has 1 heterocycles. The van der Waals surface area contributed by atoms with Gasteiger partial charge in [0.1, 0.15) is 0 Å². The lowest BCUT2D eigenvalue weighted by Crippen LogP contribution is -2.21. The number of para-hydroxylation sites is 2. The summed E-state index contributed by atoms with van der Waals surface area (Å²) in [5.41, 5.74) is 3.25. The molecule has 35 heavy (non-hydrogen) atoms. The summed E-state index contributed by atoms with van der Waals surface area (Å²) < 4.78 is 29.7. The first-order valence-corrected chi connectivity index (χ1v) is 13.6. The minimum atomic E-state index is -3.66. The molecule has 0 spiro atoms. The molecule has 0 aliphatic carbocycles. The van der Waals surface area contributed by atoms with Crippen LogP contribution in [0.5, 0.6) is 0 Å². The second-order valence-corrected chi connectivity index (χ2v) is 11.5. The lowest BCUT2D eigenvalue weighted by molar-refractivity contribution is 0.0925. The van der Waals surface area contributed by atoms with Gasteiger partial charge in [0.2, 0.25) is 5.91 Å². The Balaban J connectivity index is 1.35. The van der Waals surface area contributed by atoms with Gasteiger partial charge in [-0.15, -0.1) is 11.8 Å². The van der Waals surface area contributed by atoms with Gasteiger partial charge in [0.15, 0.2) is 0 Å². The van der Waals surface area contributed by atoms with E-state index in [4.69, 9.17) is 0 Å². The maximum atomic E-state index is 13.5. The van der Waals surface area contributed by atoms with E-state index in [1.54, 1.807) is 41.0 Å². The van der Waals surface area contributed by atoms with Gasteiger partial charge in [-0.1, -0.05) is 54.1 Å². The molecule has 1 unspecified atom stereocenters. The number of fused-ring (bicyclic) bond motifs is 3. The summed E-state index contributed by atoms with van der Waals surface area (Å²) in [6, 6.07) is 29.7. The molecule has 5 aromatic rings. The van der Waals surface area contributed by atoms with E-state index in [2.05, 4.69) is 4.72 Å². The summed E-state index contributed by atoms with van der Waals surface area (Å²) >= 11 is 1.44. The van der Waals surface area contributed by atoms with Crippen molar-refractivity contribution in [1.82, 2.24) is 4.57 Å². The van der Waals surface area contributed by atoms with Crippen molar-refractivity contribution in [2.24, 2.45) is 0 Å². The Kier molecular flexibility index (Phi) is 6.13. The Hall–Kier alpha value is -3.55. The van der Waals surface area contributed by atoms with Gasteiger partial charge in [-0.3, -0.25) is 14.1 Å². The number of aromatic nitrogens is 1. The molecule has 5 rings (SSSR count). The number of benzene rings is 4. The number of hydrogen-bond acceptors (Lipinski definition) is 4. The largest absolute Gasteiger partial charge is 0.280 e. The number of rotatable bonds is 6. The first-order chi connectivity index (χ1) is 16.8. The van der Waals surface area contributed by atoms with Crippen molar-refractivity contribution in [1.29, 1.82) is 0 Å². The average Bonchev–Trinajstić information content (AvgIpc) is 3.19. The molecule has 1 N–H and O–H groups in total. The second-order valence-electron chi connectivity index (χ2n) is 8.41. The average molecular weight is 501 g/mol. The van der Waals surface area contributed by atoms with Crippen LogP contribution < -0.4 is 4.72 Å². The van der Waals surface area contributed by atoms with Crippen LogP contribution in [0.25, 0.3) is 21.8 Å². The smallest absolute Gasteiger partial charge is 0.261 e. The molecule has 4 aromatic carbocycles. The molecule has 0 radical (unpaired) electrons. The highest BCUT2D eigenvalue weighted by atomic mass is 32.2. The van der Waals surface area contributed by atoms with Crippen LogP contribution in [0.15, 0.2) is 107 Å². The van der Waals surface area contributed by atoms with Gasteiger partial charge in [0, 0.05) is 21.4 Å². The fourth-order valence-corrected chi connectivity index (χ4v) is 6.10. The van der Waals surface area contributed by atoms with Crippen LogP contribution in [0, 0.1) is 6.92 Å². The summed E-state index contributed by atoms with van der Waals surface area (Å²) in [5, 5.41) is 1.77. The lowest BCUT2D eigenvalue weighted by Gasteiger charge is -2.14. The SMILES string of the molecule is Cc1ccc(S(=O)(=O)Nc2ccc(SC(C)C(=O)n3c4ccccc4c4ccccc43)cc2)cc1. The van der Waals surface area contributed by atoms with Gasteiger partial charge in [0.05, 0.1) is 21.2 Å². The van der Waals surface area contributed by atoms with Crippen molar-refractivity contribution in [3.05, 3.63) is 103 Å². The highest BCUT2D eigenvalue weighted by Gasteiger charge is 2.22. The van der Waals surface area contributed by atoms with Crippen molar-refractivity contribution < 1.29 is 13.2 Å². The Morgan fingerprint density at radius 1 is 0.800 bits per heavy atom. The summed E-state index contributed by atoms with van der Waals surface area (Å²) in [6.07, 6.45) is 0. The number of nitrogens with one attached hydrogen (secondary N) is 1. The number of hydrogen-bond donors (Lipinski definition) is 1. The van der Waals surface area contributed by atoms with Crippen LogP contribution in [0.1, 0.15) is 17.3 Å². The third-order valence-electron chi connectivity index (χ3n) is 5.90. The van der Waals surface area contributed by atoms with E-state index in [1.807, 2.05) is 74.5 Å². The molecule has 1 aromatic heterocycles. The first kappa shape index (κ1) is 23.2. The summed E-state index contributed by atoms with van der Waals surface area (Å²) in [4.78, 5) is 14.6. The first-order valence-electron chi connectivity index (χ1n) is 11.2. The number of anilines is 1. The molecule has 0 aliphatic heterocycles. The van der Waals surface area contributed by atoms with E-state index in [9.17, 15) is 13.2 Å². The van der Waals surface area contributed by atoms with Gasteiger partial charge in [-0.25, -0.2) is 8.42 Å². The number of nitrogens with zero attached hydrogens (tertiary/aromatic N) is 1. The van der Waals surface area contributed by atoms with Gasteiger partial charge in [-0.05, 0) is 62.4 Å². The Morgan fingerprint density at radius 2 is 1.34 bits per heavy atom. The van der Waals surface area contributed by atoms with E-state index >= 15 is 0 Å². The zero-order valence-corrected chi connectivity index (χ0v) is 20.9. The number of thioether (sulfide) groups is 1. The van der Waals surface area contributed by atoms with Crippen molar-refractivity contribution >= 4 is 55.2 Å². The summed E-state index contributed by atoms with van der Waals surface area (Å²) in [5.74, 6) is -0.00319. The topological polar surface area (TPSA) is 68.2 Å². The third-order valence-corrected chi connectivity index (χ3v) is 8.40.